The van der Waals surface area contributed by atoms with Crippen LogP contribution < -0.4 is 5.32 Å². The van der Waals surface area contributed by atoms with Gasteiger partial charge in [-0.1, -0.05) is 6.58 Å². The summed E-state index contributed by atoms with van der Waals surface area (Å²) in [6.45, 7) is 9.58. The van der Waals surface area contributed by atoms with Gasteiger partial charge >= 0.3 is 6.09 Å². The first-order valence-electron chi connectivity index (χ1n) is 4.15. The van der Waals surface area contributed by atoms with E-state index in [9.17, 15) is 4.79 Å². The number of hydrogen-bond acceptors (Lipinski definition) is 3. The number of ether oxygens (including phenoxy) is 1. The average molecular weight is 203 g/mol. The van der Waals surface area contributed by atoms with Crippen molar-refractivity contribution < 1.29 is 9.53 Å². The minimum Gasteiger partial charge on any atom is -0.444 e. The molecule has 1 amide bonds. The summed E-state index contributed by atoms with van der Waals surface area (Å²) >= 11 is 4.00. The van der Waals surface area contributed by atoms with E-state index in [1.54, 1.807) is 0 Å². The van der Waals surface area contributed by atoms with Gasteiger partial charge in [0, 0.05) is 6.54 Å². The van der Waals surface area contributed by atoms with E-state index in [0.717, 1.165) is 4.91 Å². The molecule has 0 atom stereocenters. The number of amides is 1. The van der Waals surface area contributed by atoms with Crippen molar-refractivity contribution in [2.24, 2.45) is 0 Å². The second-order valence-electron chi connectivity index (χ2n) is 3.74. The number of hydrogen-bond donors (Lipinski definition) is 2. The van der Waals surface area contributed by atoms with Crippen LogP contribution in [0.2, 0.25) is 0 Å². The van der Waals surface area contributed by atoms with Crippen molar-refractivity contribution in [3.63, 3.8) is 0 Å². The Kier molecular flexibility index (Phi) is 4.91. The minimum absolute atomic E-state index is 0.401. The Morgan fingerprint density at radius 3 is 2.46 bits per heavy atom. The molecular weight excluding hydrogens is 186 g/mol. The summed E-state index contributed by atoms with van der Waals surface area (Å²) in [6.07, 6.45) is 0.254. The number of nitrogens with one attached hydrogen (secondary N) is 1. The number of alkyl carbamates (subject to hydrolysis) is 1. The van der Waals surface area contributed by atoms with Gasteiger partial charge in [0.25, 0.3) is 0 Å². The lowest BCUT2D eigenvalue weighted by atomic mass is 10.2. The summed E-state index contributed by atoms with van der Waals surface area (Å²) in [4.78, 5) is 11.8. The standard InChI is InChI=1S/C9H17NO2S/c1-7(13)5-6-10-8(11)12-9(2,3)4/h13H,1,5-6H2,2-4H3,(H,10,11). The molecule has 13 heavy (non-hydrogen) atoms. The molecule has 0 aliphatic rings. The lowest BCUT2D eigenvalue weighted by molar-refractivity contribution is 0.0529. The van der Waals surface area contributed by atoms with Crippen molar-refractivity contribution in [2.45, 2.75) is 32.8 Å². The van der Waals surface area contributed by atoms with Gasteiger partial charge in [0.2, 0.25) is 0 Å². The third-order valence-electron chi connectivity index (χ3n) is 1.08. The summed E-state index contributed by atoms with van der Waals surface area (Å²) in [5, 5.41) is 2.60. The zero-order valence-corrected chi connectivity index (χ0v) is 9.28. The van der Waals surface area contributed by atoms with E-state index in [0.29, 0.717) is 13.0 Å². The molecule has 0 saturated carbocycles. The van der Waals surface area contributed by atoms with E-state index in [2.05, 4.69) is 24.5 Å². The highest BCUT2D eigenvalue weighted by Crippen LogP contribution is 2.06. The lowest BCUT2D eigenvalue weighted by Gasteiger charge is -2.19. The largest absolute Gasteiger partial charge is 0.444 e. The summed E-state index contributed by atoms with van der Waals surface area (Å²) < 4.78 is 5.01. The number of rotatable bonds is 3. The van der Waals surface area contributed by atoms with Crippen molar-refractivity contribution in [2.75, 3.05) is 6.54 Å². The van der Waals surface area contributed by atoms with Crippen molar-refractivity contribution in [3.05, 3.63) is 11.5 Å². The minimum atomic E-state index is -0.442. The molecule has 1 N–H and O–H groups in total. The number of carbonyl (C=O) groups excluding carboxylic acids is 1. The maximum absolute atomic E-state index is 11.1. The number of carbonyl (C=O) groups is 1. The first kappa shape index (κ1) is 12.4. The van der Waals surface area contributed by atoms with Crippen LogP contribution in [-0.4, -0.2) is 18.2 Å². The Balaban J connectivity index is 3.59. The van der Waals surface area contributed by atoms with Crippen LogP contribution in [0.15, 0.2) is 11.5 Å². The Bertz CT molecular complexity index is 196. The van der Waals surface area contributed by atoms with Gasteiger partial charge in [-0.3, -0.25) is 0 Å². The van der Waals surface area contributed by atoms with Gasteiger partial charge in [-0.15, -0.1) is 12.6 Å². The fourth-order valence-electron chi connectivity index (χ4n) is 0.623. The molecule has 0 aromatic carbocycles. The third-order valence-corrected chi connectivity index (χ3v) is 1.31. The highest BCUT2D eigenvalue weighted by atomic mass is 32.1. The van der Waals surface area contributed by atoms with Crippen LogP contribution in [0.5, 0.6) is 0 Å². The topological polar surface area (TPSA) is 38.3 Å². The lowest BCUT2D eigenvalue weighted by Crippen LogP contribution is -2.32. The van der Waals surface area contributed by atoms with Crippen LogP contribution in [0.4, 0.5) is 4.79 Å². The van der Waals surface area contributed by atoms with Crippen LogP contribution in [-0.2, 0) is 4.74 Å². The van der Waals surface area contributed by atoms with Gasteiger partial charge in [0.05, 0.1) is 0 Å². The molecule has 0 aromatic rings. The summed E-state index contributed by atoms with van der Waals surface area (Å²) in [5.74, 6) is 0. The molecule has 0 unspecified atom stereocenters. The van der Waals surface area contributed by atoms with E-state index in [1.165, 1.54) is 0 Å². The molecule has 0 spiro atoms. The predicted octanol–water partition coefficient (Wildman–Crippen LogP) is 2.34. The van der Waals surface area contributed by atoms with Gasteiger partial charge in [-0.2, -0.15) is 0 Å². The fraction of sp³-hybridized carbons (Fsp3) is 0.667. The van der Waals surface area contributed by atoms with Gasteiger partial charge < -0.3 is 10.1 Å². The Morgan fingerprint density at radius 1 is 1.54 bits per heavy atom. The van der Waals surface area contributed by atoms with Crippen molar-refractivity contribution in [3.8, 4) is 0 Å². The molecule has 0 fully saturated rings. The van der Waals surface area contributed by atoms with Gasteiger partial charge in [-0.05, 0) is 32.1 Å². The van der Waals surface area contributed by atoms with Gasteiger partial charge in [0.1, 0.15) is 5.60 Å². The maximum Gasteiger partial charge on any atom is 0.407 e. The van der Waals surface area contributed by atoms with E-state index >= 15 is 0 Å². The molecule has 0 heterocycles. The quantitative estimate of drug-likeness (QED) is 0.691. The van der Waals surface area contributed by atoms with Crippen LogP contribution in [0.25, 0.3) is 0 Å². The first-order valence-corrected chi connectivity index (χ1v) is 4.59. The Hall–Kier alpha value is -0.640. The molecule has 0 saturated heterocycles. The summed E-state index contributed by atoms with van der Waals surface area (Å²) in [5.41, 5.74) is -0.442. The smallest absolute Gasteiger partial charge is 0.407 e. The molecule has 3 nitrogen and oxygen atoms in total. The molecule has 0 rings (SSSR count). The molecule has 0 bridgehead atoms. The molecular formula is C9H17NO2S. The first-order chi connectivity index (χ1) is 5.81. The molecule has 0 aliphatic carbocycles. The summed E-state index contributed by atoms with van der Waals surface area (Å²) in [7, 11) is 0. The highest BCUT2D eigenvalue weighted by molar-refractivity contribution is 7.84. The zero-order valence-electron chi connectivity index (χ0n) is 8.39. The van der Waals surface area contributed by atoms with E-state index in [1.807, 2.05) is 20.8 Å². The summed E-state index contributed by atoms with van der Waals surface area (Å²) in [6, 6.07) is 0. The van der Waals surface area contributed by atoms with E-state index in [4.69, 9.17) is 4.74 Å². The van der Waals surface area contributed by atoms with Crippen molar-refractivity contribution >= 4 is 18.7 Å². The van der Waals surface area contributed by atoms with Gasteiger partial charge in [0.15, 0.2) is 0 Å². The van der Waals surface area contributed by atoms with Crippen LogP contribution in [0, 0.1) is 0 Å². The Labute approximate surface area is 84.9 Å². The zero-order chi connectivity index (χ0) is 10.5. The SMILES string of the molecule is C=C(S)CCNC(=O)OC(C)(C)C. The molecule has 4 heteroatoms. The van der Waals surface area contributed by atoms with Crippen LogP contribution >= 0.6 is 12.6 Å². The van der Waals surface area contributed by atoms with Crippen molar-refractivity contribution in [1.82, 2.24) is 5.32 Å². The van der Waals surface area contributed by atoms with Crippen LogP contribution in [0.3, 0.4) is 0 Å². The molecule has 0 aromatic heterocycles. The normalized spacial score (nSPS) is 10.8. The number of thiol groups is 1. The van der Waals surface area contributed by atoms with E-state index < -0.39 is 11.7 Å². The second-order valence-corrected chi connectivity index (χ2v) is 4.38. The molecule has 76 valence electrons. The Morgan fingerprint density at radius 2 is 2.08 bits per heavy atom. The second kappa shape index (κ2) is 5.17. The molecule has 0 aliphatic heterocycles. The van der Waals surface area contributed by atoms with E-state index in [-0.39, 0.29) is 0 Å². The monoisotopic (exact) mass is 203 g/mol. The average Bonchev–Trinajstić information content (AvgIpc) is 1.81. The van der Waals surface area contributed by atoms with Crippen molar-refractivity contribution in [1.29, 1.82) is 0 Å². The van der Waals surface area contributed by atoms with Crippen LogP contribution in [0.1, 0.15) is 27.2 Å². The third kappa shape index (κ3) is 9.27. The predicted molar refractivity (Wildman–Crippen MR) is 57.0 cm³/mol. The van der Waals surface area contributed by atoms with Gasteiger partial charge in [-0.25, -0.2) is 4.79 Å². The maximum atomic E-state index is 11.1. The fourth-order valence-corrected chi connectivity index (χ4v) is 0.735. The highest BCUT2D eigenvalue weighted by Gasteiger charge is 2.15. The molecule has 0 radical (unpaired) electrons.